The summed E-state index contributed by atoms with van der Waals surface area (Å²) in [5, 5.41) is 17.7. The van der Waals surface area contributed by atoms with Gasteiger partial charge in [-0.25, -0.2) is 4.79 Å². The van der Waals surface area contributed by atoms with Gasteiger partial charge in [-0.1, -0.05) is 78.9 Å². The molecule has 0 aliphatic rings. The summed E-state index contributed by atoms with van der Waals surface area (Å²) in [4.78, 5) is 10.2. The number of carboxylic acid groups (broad SMARTS) is 1. The van der Waals surface area contributed by atoms with Crippen molar-refractivity contribution in [2.24, 2.45) is 0 Å². The van der Waals surface area contributed by atoms with E-state index in [-0.39, 0.29) is 0 Å². The highest BCUT2D eigenvalue weighted by atomic mass is 16.4. The zero-order valence-corrected chi connectivity index (χ0v) is 13.0. The molecule has 0 saturated carbocycles. The van der Waals surface area contributed by atoms with E-state index in [1.54, 1.807) is 30.3 Å². The molecular formula is C21H18O3. The Morgan fingerprint density at radius 2 is 0.958 bits per heavy atom. The van der Waals surface area contributed by atoms with Gasteiger partial charge in [0.1, 0.15) is 0 Å². The fraction of sp³-hybridized carbons (Fsp3) is 0. The number of aliphatic hydroxyl groups excluding tert-OH is 1. The van der Waals surface area contributed by atoms with Crippen molar-refractivity contribution in [1.29, 1.82) is 0 Å². The van der Waals surface area contributed by atoms with Gasteiger partial charge in [-0.3, -0.25) is 0 Å². The van der Waals surface area contributed by atoms with Crippen molar-refractivity contribution in [3.05, 3.63) is 114 Å². The van der Waals surface area contributed by atoms with Crippen LogP contribution in [0.5, 0.6) is 0 Å². The lowest BCUT2D eigenvalue weighted by Crippen LogP contribution is -1.93. The van der Waals surface area contributed by atoms with Crippen LogP contribution in [0.2, 0.25) is 0 Å². The van der Waals surface area contributed by atoms with E-state index in [9.17, 15) is 9.90 Å². The molecule has 0 saturated heterocycles. The Bertz CT molecular complexity index is 738. The molecule has 0 aliphatic heterocycles. The van der Waals surface area contributed by atoms with Gasteiger partial charge in [-0.15, -0.1) is 0 Å². The molecule has 3 aromatic rings. The summed E-state index contributed by atoms with van der Waals surface area (Å²) in [6, 6.07) is 28.0. The maximum absolute atomic E-state index is 10.2. The van der Waals surface area contributed by atoms with Gasteiger partial charge in [0.15, 0.2) is 0 Å². The van der Waals surface area contributed by atoms with E-state index in [0.717, 1.165) is 23.0 Å². The second-order valence-corrected chi connectivity index (χ2v) is 4.95. The molecule has 2 N–H and O–H groups in total. The number of carbonyl (C=O) groups is 1. The maximum Gasteiger partial charge on any atom is 0.335 e. The molecule has 0 spiro atoms. The van der Waals surface area contributed by atoms with Crippen molar-refractivity contribution >= 4 is 11.5 Å². The average molecular weight is 318 g/mol. The lowest BCUT2D eigenvalue weighted by molar-refractivity contribution is 0.0697. The van der Waals surface area contributed by atoms with Crippen molar-refractivity contribution in [3.63, 3.8) is 0 Å². The second kappa shape index (κ2) is 8.96. The summed E-state index contributed by atoms with van der Waals surface area (Å²) >= 11 is 0. The number of hydrogen-bond acceptors (Lipinski definition) is 2. The quantitative estimate of drug-likeness (QED) is 0.667. The van der Waals surface area contributed by atoms with Gasteiger partial charge in [0.2, 0.25) is 0 Å². The lowest BCUT2D eigenvalue weighted by Gasteiger charge is -2.05. The molecule has 0 radical (unpaired) electrons. The smallest absolute Gasteiger partial charge is 0.335 e. The average Bonchev–Trinajstić information content (AvgIpc) is 2.65. The van der Waals surface area contributed by atoms with Crippen LogP contribution in [-0.2, 0) is 0 Å². The molecule has 0 aliphatic carbocycles. The Morgan fingerprint density at radius 1 is 0.625 bits per heavy atom. The first-order valence-corrected chi connectivity index (χ1v) is 7.46. The molecule has 0 atom stereocenters. The van der Waals surface area contributed by atoms with Gasteiger partial charge in [-0.2, -0.15) is 0 Å². The predicted octanol–water partition coefficient (Wildman–Crippen LogP) is 5.02. The minimum absolute atomic E-state index is 0.331. The molecule has 0 unspecified atom stereocenters. The van der Waals surface area contributed by atoms with Gasteiger partial charge in [-0.05, 0) is 23.3 Å². The lowest BCUT2D eigenvalue weighted by atomic mass is 9.99. The van der Waals surface area contributed by atoms with Crippen molar-refractivity contribution in [2.75, 3.05) is 0 Å². The highest BCUT2D eigenvalue weighted by Crippen LogP contribution is 2.21. The van der Waals surface area contributed by atoms with Crippen LogP contribution >= 0.6 is 0 Å². The van der Waals surface area contributed by atoms with Crippen molar-refractivity contribution in [2.45, 2.75) is 0 Å². The molecule has 0 heterocycles. The van der Waals surface area contributed by atoms with Crippen LogP contribution in [0.15, 0.2) is 97.3 Å². The summed E-state index contributed by atoms with van der Waals surface area (Å²) in [6.45, 7) is 0. The molecule has 0 aromatic heterocycles. The monoisotopic (exact) mass is 318 g/mol. The molecule has 0 fully saturated rings. The van der Waals surface area contributed by atoms with E-state index in [0.29, 0.717) is 5.56 Å². The molecule has 0 bridgehead atoms. The summed E-state index contributed by atoms with van der Waals surface area (Å²) in [5.74, 6) is -0.879. The van der Waals surface area contributed by atoms with Crippen LogP contribution < -0.4 is 0 Å². The Hall–Kier alpha value is -3.33. The number of rotatable bonds is 3. The molecule has 3 heteroatoms. The molecule has 3 aromatic carbocycles. The SMILES string of the molecule is O=C(O)c1ccccc1.OC=C(c1ccccc1)c1ccccc1. The van der Waals surface area contributed by atoms with Gasteiger partial charge in [0, 0.05) is 5.57 Å². The Morgan fingerprint density at radius 3 is 1.21 bits per heavy atom. The summed E-state index contributed by atoms with van der Waals surface area (Å²) in [5.41, 5.74) is 3.21. The fourth-order valence-corrected chi connectivity index (χ4v) is 2.13. The number of carboxylic acids is 1. The number of aromatic carboxylic acids is 1. The van der Waals surface area contributed by atoms with Crippen molar-refractivity contribution in [3.8, 4) is 0 Å². The van der Waals surface area contributed by atoms with E-state index in [4.69, 9.17) is 5.11 Å². The fourth-order valence-electron chi connectivity index (χ4n) is 2.13. The Balaban J connectivity index is 0.000000198. The van der Waals surface area contributed by atoms with Crippen molar-refractivity contribution in [1.82, 2.24) is 0 Å². The van der Waals surface area contributed by atoms with Gasteiger partial charge in [0.25, 0.3) is 0 Å². The zero-order valence-electron chi connectivity index (χ0n) is 13.0. The first-order valence-electron chi connectivity index (χ1n) is 7.46. The van der Waals surface area contributed by atoms with Crippen LogP contribution in [0.1, 0.15) is 21.5 Å². The van der Waals surface area contributed by atoms with Crippen LogP contribution in [0.3, 0.4) is 0 Å². The third kappa shape index (κ3) is 4.85. The normalized spacial score (nSPS) is 9.33. The number of benzene rings is 3. The van der Waals surface area contributed by atoms with Crippen molar-refractivity contribution < 1.29 is 15.0 Å². The molecule has 3 rings (SSSR count). The topological polar surface area (TPSA) is 57.5 Å². The minimum atomic E-state index is -0.879. The first kappa shape index (κ1) is 17.0. The largest absolute Gasteiger partial charge is 0.515 e. The molecule has 3 nitrogen and oxygen atoms in total. The predicted molar refractivity (Wildman–Crippen MR) is 96.0 cm³/mol. The standard InChI is InChI=1S/C14H12O.C7H6O2/c15-11-14(12-7-3-1-4-8-12)13-9-5-2-6-10-13;8-7(9)6-4-2-1-3-5-6/h1-11,15H;1-5H,(H,8,9). The van der Waals surface area contributed by atoms with Gasteiger partial charge < -0.3 is 10.2 Å². The van der Waals surface area contributed by atoms with Gasteiger partial charge >= 0.3 is 5.97 Å². The van der Waals surface area contributed by atoms with E-state index in [1.807, 2.05) is 60.7 Å². The van der Waals surface area contributed by atoms with Crippen LogP contribution in [0, 0.1) is 0 Å². The third-order valence-corrected chi connectivity index (χ3v) is 3.32. The summed E-state index contributed by atoms with van der Waals surface area (Å²) in [6.07, 6.45) is 1.16. The molecule has 24 heavy (non-hydrogen) atoms. The summed E-state index contributed by atoms with van der Waals surface area (Å²) < 4.78 is 0. The number of aliphatic hydroxyl groups is 1. The van der Waals surface area contributed by atoms with Crippen LogP contribution in [-0.4, -0.2) is 16.2 Å². The zero-order chi connectivity index (χ0) is 17.2. The highest BCUT2D eigenvalue weighted by molar-refractivity contribution is 5.87. The summed E-state index contributed by atoms with van der Waals surface area (Å²) in [7, 11) is 0. The Labute approximate surface area is 141 Å². The maximum atomic E-state index is 10.2. The second-order valence-electron chi connectivity index (χ2n) is 4.95. The number of hydrogen-bond donors (Lipinski definition) is 2. The molecular weight excluding hydrogens is 300 g/mol. The molecule has 120 valence electrons. The van der Waals surface area contributed by atoms with Crippen LogP contribution in [0.25, 0.3) is 5.57 Å². The van der Waals surface area contributed by atoms with E-state index in [2.05, 4.69) is 0 Å². The van der Waals surface area contributed by atoms with E-state index < -0.39 is 5.97 Å². The van der Waals surface area contributed by atoms with E-state index in [1.165, 1.54) is 0 Å². The molecule has 0 amide bonds. The van der Waals surface area contributed by atoms with E-state index >= 15 is 0 Å². The first-order chi connectivity index (χ1) is 11.7. The highest BCUT2D eigenvalue weighted by Gasteiger charge is 2.02. The van der Waals surface area contributed by atoms with Gasteiger partial charge in [0.05, 0.1) is 11.8 Å². The third-order valence-electron chi connectivity index (χ3n) is 3.32. The minimum Gasteiger partial charge on any atom is -0.515 e. The van der Waals surface area contributed by atoms with Crippen LogP contribution in [0.4, 0.5) is 0 Å². The Kier molecular flexibility index (Phi) is 6.35.